The molecule has 68 valence electrons. The largest absolute Gasteiger partial charge is 0.400 e. The highest BCUT2D eigenvalue weighted by atomic mass is 79.9. The molecule has 11 heavy (non-hydrogen) atoms. The molecule has 2 nitrogen and oxygen atoms in total. The van der Waals surface area contributed by atoms with Crippen LogP contribution in [-0.4, -0.2) is 28.3 Å². The molecule has 0 aromatic rings. The fraction of sp³-hybridized carbons (Fsp3) is 1.00. The van der Waals surface area contributed by atoms with E-state index in [1.165, 1.54) is 0 Å². The van der Waals surface area contributed by atoms with Crippen LogP contribution in [-0.2, 0) is 8.85 Å². The Balaban J connectivity index is 3.98. The van der Waals surface area contributed by atoms with Gasteiger partial charge in [-0.15, -0.1) is 0 Å². The lowest BCUT2D eigenvalue weighted by atomic mass is 10.3. The molecule has 0 bridgehead atoms. The fourth-order valence-corrected chi connectivity index (χ4v) is 4.01. The SMILES string of the molecule is CCC(C(C)Br)[SiH](OC)OC. The first kappa shape index (κ1) is 11.6. The Morgan fingerprint density at radius 1 is 1.36 bits per heavy atom. The molecule has 0 heterocycles. The van der Waals surface area contributed by atoms with E-state index >= 15 is 0 Å². The van der Waals surface area contributed by atoms with E-state index in [4.69, 9.17) is 8.85 Å². The van der Waals surface area contributed by atoms with E-state index in [1.807, 2.05) is 0 Å². The number of rotatable bonds is 5. The van der Waals surface area contributed by atoms with E-state index in [1.54, 1.807) is 14.2 Å². The van der Waals surface area contributed by atoms with Crippen molar-refractivity contribution in [3.8, 4) is 0 Å². The Kier molecular flexibility index (Phi) is 6.51. The molecule has 0 saturated carbocycles. The summed E-state index contributed by atoms with van der Waals surface area (Å²) in [4.78, 5) is 0.490. The van der Waals surface area contributed by atoms with Crippen LogP contribution in [0, 0.1) is 0 Å². The summed E-state index contributed by atoms with van der Waals surface area (Å²) >= 11 is 3.56. The molecule has 0 aromatic heterocycles. The van der Waals surface area contributed by atoms with Crippen molar-refractivity contribution in [2.75, 3.05) is 14.2 Å². The third kappa shape index (κ3) is 3.69. The van der Waals surface area contributed by atoms with Crippen LogP contribution in [0.4, 0.5) is 0 Å². The van der Waals surface area contributed by atoms with Gasteiger partial charge in [-0.2, -0.15) is 0 Å². The van der Waals surface area contributed by atoms with Crippen molar-refractivity contribution in [1.29, 1.82) is 0 Å². The van der Waals surface area contributed by atoms with Gasteiger partial charge in [0.2, 0.25) is 0 Å². The molecule has 0 fully saturated rings. The zero-order valence-corrected chi connectivity index (χ0v) is 10.4. The zero-order valence-electron chi connectivity index (χ0n) is 7.63. The standard InChI is InChI=1S/C7H17BrO2Si/c1-5-7(6(2)8)11(9-3)10-4/h6-7,11H,5H2,1-4H3. The molecule has 2 atom stereocenters. The summed E-state index contributed by atoms with van der Waals surface area (Å²) in [6.07, 6.45) is 1.12. The van der Waals surface area contributed by atoms with E-state index in [9.17, 15) is 0 Å². The van der Waals surface area contributed by atoms with Crippen molar-refractivity contribution in [2.24, 2.45) is 0 Å². The number of hydrogen-bond acceptors (Lipinski definition) is 2. The smallest absolute Gasteiger partial charge is 0.325 e. The Labute approximate surface area is 79.2 Å². The van der Waals surface area contributed by atoms with Crippen LogP contribution in [0.1, 0.15) is 20.3 Å². The minimum Gasteiger partial charge on any atom is -0.400 e. The lowest BCUT2D eigenvalue weighted by Crippen LogP contribution is -2.30. The molecule has 0 radical (unpaired) electrons. The van der Waals surface area contributed by atoms with Crippen molar-refractivity contribution in [3.05, 3.63) is 0 Å². The van der Waals surface area contributed by atoms with E-state index in [0.717, 1.165) is 6.42 Å². The van der Waals surface area contributed by atoms with Crippen molar-refractivity contribution >= 4 is 25.2 Å². The van der Waals surface area contributed by atoms with Gasteiger partial charge in [0.1, 0.15) is 0 Å². The third-order valence-corrected chi connectivity index (χ3v) is 5.80. The summed E-state index contributed by atoms with van der Waals surface area (Å²) < 4.78 is 10.6. The van der Waals surface area contributed by atoms with Crippen LogP contribution in [0.3, 0.4) is 0 Å². The monoisotopic (exact) mass is 240 g/mol. The maximum atomic E-state index is 5.30. The Morgan fingerprint density at radius 2 is 1.82 bits per heavy atom. The molecule has 0 aromatic carbocycles. The predicted octanol–water partition coefficient (Wildman–Crippen LogP) is 2.06. The summed E-state index contributed by atoms with van der Waals surface area (Å²) in [6.45, 7) is 4.31. The molecule has 0 saturated heterocycles. The minimum absolute atomic E-state index is 0.490. The average Bonchev–Trinajstić information content (AvgIpc) is 1.99. The number of alkyl halides is 1. The topological polar surface area (TPSA) is 18.5 Å². The number of hydrogen-bond donors (Lipinski definition) is 0. The van der Waals surface area contributed by atoms with Gasteiger partial charge < -0.3 is 8.85 Å². The molecule has 4 heteroatoms. The highest BCUT2D eigenvalue weighted by molar-refractivity contribution is 9.09. The van der Waals surface area contributed by atoms with Crippen LogP contribution in [0.25, 0.3) is 0 Å². The third-order valence-electron chi connectivity index (χ3n) is 1.88. The van der Waals surface area contributed by atoms with Gasteiger partial charge in [0.25, 0.3) is 0 Å². The summed E-state index contributed by atoms with van der Waals surface area (Å²) in [6, 6.07) is 0. The van der Waals surface area contributed by atoms with Gasteiger partial charge in [-0.3, -0.25) is 0 Å². The second kappa shape index (κ2) is 6.17. The molecule has 0 aliphatic rings. The minimum atomic E-state index is -1.41. The van der Waals surface area contributed by atoms with Crippen LogP contribution < -0.4 is 0 Å². The van der Waals surface area contributed by atoms with Gasteiger partial charge in [0.15, 0.2) is 0 Å². The second-order valence-electron chi connectivity index (χ2n) is 2.59. The van der Waals surface area contributed by atoms with Crippen LogP contribution in [0.15, 0.2) is 0 Å². The molecule has 0 aliphatic heterocycles. The van der Waals surface area contributed by atoms with Crippen molar-refractivity contribution in [1.82, 2.24) is 0 Å². The molecule has 2 unspecified atom stereocenters. The van der Waals surface area contributed by atoms with E-state index in [-0.39, 0.29) is 0 Å². The maximum Gasteiger partial charge on any atom is 0.325 e. The van der Waals surface area contributed by atoms with Gasteiger partial charge in [-0.05, 0) is 0 Å². The first-order valence-electron chi connectivity index (χ1n) is 3.87. The summed E-state index contributed by atoms with van der Waals surface area (Å²) in [7, 11) is 2.06. The van der Waals surface area contributed by atoms with Crippen molar-refractivity contribution in [2.45, 2.75) is 30.6 Å². The Morgan fingerprint density at radius 3 is 1.91 bits per heavy atom. The lowest BCUT2D eigenvalue weighted by Gasteiger charge is -2.23. The van der Waals surface area contributed by atoms with Gasteiger partial charge in [0, 0.05) is 24.6 Å². The van der Waals surface area contributed by atoms with Crippen molar-refractivity contribution in [3.63, 3.8) is 0 Å². The van der Waals surface area contributed by atoms with Gasteiger partial charge >= 0.3 is 9.28 Å². The molecular formula is C7H17BrO2Si. The van der Waals surface area contributed by atoms with Crippen LogP contribution in [0.2, 0.25) is 5.54 Å². The molecule has 0 N–H and O–H groups in total. The van der Waals surface area contributed by atoms with Crippen molar-refractivity contribution < 1.29 is 8.85 Å². The van der Waals surface area contributed by atoms with E-state index in [0.29, 0.717) is 10.4 Å². The van der Waals surface area contributed by atoms with Crippen LogP contribution >= 0.6 is 15.9 Å². The fourth-order valence-electron chi connectivity index (χ4n) is 1.18. The quantitative estimate of drug-likeness (QED) is 0.542. The van der Waals surface area contributed by atoms with Gasteiger partial charge in [-0.1, -0.05) is 36.2 Å². The molecule has 0 rings (SSSR count). The normalized spacial score (nSPS) is 16.9. The first-order chi connectivity index (χ1) is 5.17. The molecule has 0 aliphatic carbocycles. The average molecular weight is 241 g/mol. The summed E-state index contributed by atoms with van der Waals surface area (Å²) in [5, 5.41) is 0. The van der Waals surface area contributed by atoms with Gasteiger partial charge in [-0.25, -0.2) is 0 Å². The highest BCUT2D eigenvalue weighted by Gasteiger charge is 2.26. The summed E-state index contributed by atoms with van der Waals surface area (Å²) in [5.41, 5.74) is 0.560. The zero-order chi connectivity index (χ0) is 8.85. The first-order valence-corrected chi connectivity index (χ1v) is 6.39. The molecule has 0 amide bonds. The molecule has 0 spiro atoms. The second-order valence-corrected chi connectivity index (χ2v) is 6.57. The Hall–Kier alpha value is 0.617. The lowest BCUT2D eigenvalue weighted by molar-refractivity contribution is 0.263. The number of halogens is 1. The highest BCUT2D eigenvalue weighted by Crippen LogP contribution is 2.25. The summed E-state index contributed by atoms with van der Waals surface area (Å²) in [5.74, 6) is 0. The Bertz CT molecular complexity index is 96.4. The van der Waals surface area contributed by atoms with Crippen LogP contribution in [0.5, 0.6) is 0 Å². The maximum absolute atomic E-state index is 5.30. The van der Waals surface area contributed by atoms with E-state index in [2.05, 4.69) is 29.8 Å². The molecular weight excluding hydrogens is 224 g/mol. The van der Waals surface area contributed by atoms with Gasteiger partial charge in [0.05, 0.1) is 0 Å². The predicted molar refractivity (Wildman–Crippen MR) is 53.6 cm³/mol. The van der Waals surface area contributed by atoms with E-state index < -0.39 is 9.28 Å².